The summed E-state index contributed by atoms with van der Waals surface area (Å²) in [6, 6.07) is 91.8. The van der Waals surface area contributed by atoms with E-state index in [2.05, 4.69) is 262 Å². The van der Waals surface area contributed by atoms with Crippen molar-refractivity contribution < 1.29 is 0 Å². The van der Waals surface area contributed by atoms with Crippen molar-refractivity contribution in [3.8, 4) is 78.4 Å². The van der Waals surface area contributed by atoms with Crippen molar-refractivity contribution in [3.05, 3.63) is 283 Å². The SMILES string of the molecule is Cc1c(-c2cccc(-c3ccccc3)c2)nc2ccccc2c1-c1ccc2c(c1)C(c1ccccc1)(c1ccccc1)c1cc(-c3nc(-c4cccc(-c5ccccc5)c4)nc4ccccc34)ccc1-2. The molecule has 1 aliphatic rings. The standard InChI is InChI=1S/C67H45N3/c1-44-63(57-32-14-16-34-61(57)68-64(44)50-26-18-24-47(40-50)45-20-6-2-7-21-45)49-36-38-55-56-39-37-51(43-60(56)67(59(55)42-49,53-28-10-4-11-29-53)54-30-12-5-13-31-54)65-58-33-15-17-35-62(58)69-66(70-65)52-27-19-25-48(41-52)46-22-8-3-9-23-46/h2-43H,1H3. The summed E-state index contributed by atoms with van der Waals surface area (Å²) in [5.74, 6) is 0.698. The fourth-order valence-electron chi connectivity index (χ4n) is 11.1. The maximum atomic E-state index is 5.48. The molecule has 0 radical (unpaired) electrons. The second kappa shape index (κ2) is 16.9. The van der Waals surface area contributed by atoms with Crippen LogP contribution in [-0.4, -0.2) is 15.0 Å². The molecule has 0 fully saturated rings. The minimum atomic E-state index is -0.668. The normalized spacial score (nSPS) is 12.5. The first kappa shape index (κ1) is 41.2. The third kappa shape index (κ3) is 6.77. The van der Waals surface area contributed by atoms with Gasteiger partial charge in [0.05, 0.1) is 27.8 Å². The monoisotopic (exact) mass is 891 g/mol. The summed E-state index contributed by atoms with van der Waals surface area (Å²) in [6.07, 6.45) is 0. The highest BCUT2D eigenvalue weighted by atomic mass is 14.9. The van der Waals surface area contributed by atoms with E-state index < -0.39 is 5.41 Å². The van der Waals surface area contributed by atoms with Crippen molar-refractivity contribution >= 4 is 21.8 Å². The minimum absolute atomic E-state index is 0.668. The topological polar surface area (TPSA) is 38.7 Å². The molecule has 0 aliphatic heterocycles. The van der Waals surface area contributed by atoms with Gasteiger partial charge in [-0.3, -0.25) is 0 Å². The Morgan fingerprint density at radius 1 is 0.300 bits per heavy atom. The van der Waals surface area contributed by atoms with E-state index in [1.165, 1.54) is 50.1 Å². The van der Waals surface area contributed by atoms with E-state index in [9.17, 15) is 0 Å². The van der Waals surface area contributed by atoms with E-state index in [1.807, 2.05) is 0 Å². The summed E-state index contributed by atoms with van der Waals surface area (Å²) in [7, 11) is 0. The van der Waals surface area contributed by atoms with Crippen LogP contribution in [0.3, 0.4) is 0 Å². The molecule has 0 saturated carbocycles. The largest absolute Gasteiger partial charge is 0.247 e. The Labute approximate surface area is 408 Å². The van der Waals surface area contributed by atoms with Crippen LogP contribution in [0.2, 0.25) is 0 Å². The van der Waals surface area contributed by atoms with E-state index in [-0.39, 0.29) is 0 Å². The molecule has 0 saturated heterocycles. The maximum Gasteiger partial charge on any atom is 0.160 e. The number of benzene rings is 10. The Morgan fingerprint density at radius 3 is 1.36 bits per heavy atom. The number of aromatic nitrogens is 3. The van der Waals surface area contributed by atoms with Gasteiger partial charge >= 0.3 is 0 Å². The molecule has 0 amide bonds. The van der Waals surface area contributed by atoms with Gasteiger partial charge in [-0.25, -0.2) is 15.0 Å². The number of pyridine rings is 1. The van der Waals surface area contributed by atoms with Gasteiger partial charge in [0.15, 0.2) is 5.82 Å². The lowest BCUT2D eigenvalue weighted by Gasteiger charge is -2.34. The molecule has 10 aromatic carbocycles. The van der Waals surface area contributed by atoms with Crippen LogP contribution in [0.4, 0.5) is 0 Å². The highest BCUT2D eigenvalue weighted by Gasteiger charge is 2.46. The van der Waals surface area contributed by atoms with Gasteiger partial charge < -0.3 is 0 Å². The Morgan fingerprint density at radius 2 is 0.743 bits per heavy atom. The molecule has 0 unspecified atom stereocenters. The van der Waals surface area contributed by atoms with Gasteiger partial charge in [-0.2, -0.15) is 0 Å². The predicted molar refractivity (Wildman–Crippen MR) is 289 cm³/mol. The zero-order chi connectivity index (χ0) is 46.6. The van der Waals surface area contributed by atoms with Crippen molar-refractivity contribution in [3.63, 3.8) is 0 Å². The van der Waals surface area contributed by atoms with Crippen LogP contribution in [0.1, 0.15) is 27.8 Å². The van der Waals surface area contributed by atoms with Gasteiger partial charge in [-0.05, 0) is 116 Å². The number of hydrogen-bond acceptors (Lipinski definition) is 3. The van der Waals surface area contributed by atoms with Crippen LogP contribution >= 0.6 is 0 Å². The molecule has 3 nitrogen and oxygen atoms in total. The highest BCUT2D eigenvalue weighted by Crippen LogP contribution is 2.58. The molecule has 12 aromatic rings. The summed E-state index contributed by atoms with van der Waals surface area (Å²) in [6.45, 7) is 2.24. The van der Waals surface area contributed by atoms with Gasteiger partial charge in [0.25, 0.3) is 0 Å². The number of nitrogens with zero attached hydrogens (tertiary/aromatic N) is 3. The average molecular weight is 892 g/mol. The molecule has 0 spiro atoms. The van der Waals surface area contributed by atoms with Crippen molar-refractivity contribution in [2.45, 2.75) is 12.3 Å². The van der Waals surface area contributed by atoms with Crippen molar-refractivity contribution in [1.82, 2.24) is 15.0 Å². The molecule has 13 rings (SSSR count). The van der Waals surface area contributed by atoms with Crippen LogP contribution in [0.15, 0.2) is 255 Å². The summed E-state index contributed by atoms with van der Waals surface area (Å²) in [4.78, 5) is 16.1. The first-order chi connectivity index (χ1) is 34.6. The maximum absolute atomic E-state index is 5.48. The Balaban J connectivity index is 1.03. The number of rotatable bonds is 8. The lowest BCUT2D eigenvalue weighted by Crippen LogP contribution is -2.28. The van der Waals surface area contributed by atoms with Gasteiger partial charge in [0.2, 0.25) is 0 Å². The van der Waals surface area contributed by atoms with Crippen molar-refractivity contribution in [1.29, 1.82) is 0 Å². The summed E-state index contributed by atoms with van der Waals surface area (Å²) in [5, 5.41) is 2.14. The quantitative estimate of drug-likeness (QED) is 0.153. The molecule has 2 aromatic heterocycles. The smallest absolute Gasteiger partial charge is 0.160 e. The second-order valence-electron chi connectivity index (χ2n) is 18.3. The Bertz CT molecular complexity index is 3900. The predicted octanol–water partition coefficient (Wildman–Crippen LogP) is 16.9. The molecule has 70 heavy (non-hydrogen) atoms. The fourth-order valence-corrected chi connectivity index (χ4v) is 11.1. The fraction of sp³-hybridized carbons (Fsp3) is 0.0299. The van der Waals surface area contributed by atoms with E-state index >= 15 is 0 Å². The Hall–Kier alpha value is -9.05. The zero-order valence-corrected chi connectivity index (χ0v) is 38.6. The molecule has 2 heterocycles. The van der Waals surface area contributed by atoms with Gasteiger partial charge in [-0.15, -0.1) is 0 Å². The van der Waals surface area contributed by atoms with E-state index in [0.717, 1.165) is 72.1 Å². The third-order valence-corrected chi connectivity index (χ3v) is 14.3. The Kier molecular flexibility index (Phi) is 9.95. The molecule has 0 N–H and O–H groups in total. The summed E-state index contributed by atoms with van der Waals surface area (Å²) >= 11 is 0. The summed E-state index contributed by atoms with van der Waals surface area (Å²) < 4.78 is 0. The van der Waals surface area contributed by atoms with Crippen LogP contribution < -0.4 is 0 Å². The van der Waals surface area contributed by atoms with Crippen LogP contribution in [0, 0.1) is 6.92 Å². The van der Waals surface area contributed by atoms with E-state index in [4.69, 9.17) is 15.0 Å². The molecule has 0 bridgehead atoms. The van der Waals surface area contributed by atoms with Gasteiger partial charge in [0, 0.05) is 27.5 Å². The van der Waals surface area contributed by atoms with Gasteiger partial charge in [0.1, 0.15) is 0 Å². The number of para-hydroxylation sites is 2. The number of fused-ring (bicyclic) bond motifs is 5. The summed E-state index contributed by atoms with van der Waals surface area (Å²) in [5.41, 5.74) is 21.7. The lowest BCUT2D eigenvalue weighted by molar-refractivity contribution is 0.769. The minimum Gasteiger partial charge on any atom is -0.247 e. The van der Waals surface area contributed by atoms with Crippen LogP contribution in [-0.2, 0) is 5.41 Å². The molecular weight excluding hydrogens is 847 g/mol. The number of hydrogen-bond donors (Lipinski definition) is 0. The molecule has 3 heteroatoms. The molecular formula is C67H45N3. The van der Waals surface area contributed by atoms with Crippen LogP contribution in [0.5, 0.6) is 0 Å². The highest BCUT2D eigenvalue weighted by molar-refractivity contribution is 6.01. The van der Waals surface area contributed by atoms with Crippen LogP contribution in [0.25, 0.3) is 100 Å². The molecule has 328 valence electrons. The zero-order valence-electron chi connectivity index (χ0n) is 38.6. The van der Waals surface area contributed by atoms with E-state index in [0.29, 0.717) is 5.82 Å². The van der Waals surface area contributed by atoms with Crippen molar-refractivity contribution in [2.75, 3.05) is 0 Å². The molecule has 1 aliphatic carbocycles. The molecule has 0 atom stereocenters. The third-order valence-electron chi connectivity index (χ3n) is 14.3. The lowest BCUT2D eigenvalue weighted by atomic mass is 9.67. The van der Waals surface area contributed by atoms with Crippen molar-refractivity contribution in [2.24, 2.45) is 0 Å². The first-order valence-electron chi connectivity index (χ1n) is 24.0. The van der Waals surface area contributed by atoms with Gasteiger partial charge in [-0.1, -0.05) is 218 Å². The first-order valence-corrected chi connectivity index (χ1v) is 24.0. The van der Waals surface area contributed by atoms with E-state index in [1.54, 1.807) is 0 Å². The average Bonchev–Trinajstić information content (AvgIpc) is 3.73. The second-order valence-corrected chi connectivity index (χ2v) is 18.3.